The van der Waals surface area contributed by atoms with Crippen molar-refractivity contribution in [3.05, 3.63) is 5.92 Å². The van der Waals surface area contributed by atoms with Crippen LogP contribution in [-0.2, 0) is 0 Å². The largest absolute Gasteiger partial charge is 0.0654 e. The van der Waals surface area contributed by atoms with Crippen molar-refractivity contribution in [1.29, 1.82) is 0 Å². The van der Waals surface area contributed by atoms with Gasteiger partial charge in [0.2, 0.25) is 0 Å². The molecule has 1 aliphatic carbocycles. The van der Waals surface area contributed by atoms with E-state index in [2.05, 4.69) is 13.8 Å². The second-order valence-corrected chi connectivity index (χ2v) is 2.54. The first-order valence-electron chi connectivity index (χ1n) is 3.17. The molecular weight excluding hydrogens is 84.1 g/mol. The standard InChI is InChI=1S/C7H13/c1-3-4-7-5-6(7)2/h7H,3-5H2,1-2H3. The summed E-state index contributed by atoms with van der Waals surface area (Å²) in [6.45, 7) is 4.52. The Morgan fingerprint density at radius 1 is 1.71 bits per heavy atom. The Morgan fingerprint density at radius 2 is 2.29 bits per heavy atom. The first kappa shape index (κ1) is 5.14. The molecule has 1 saturated carbocycles. The van der Waals surface area contributed by atoms with Gasteiger partial charge in [0.15, 0.2) is 0 Å². The lowest BCUT2D eigenvalue weighted by atomic mass is 10.2. The summed E-state index contributed by atoms with van der Waals surface area (Å²) in [6, 6.07) is 0. The second kappa shape index (κ2) is 1.85. The minimum atomic E-state index is 1.03. The number of hydrogen-bond acceptors (Lipinski definition) is 0. The topological polar surface area (TPSA) is 0 Å². The number of hydrogen-bond donors (Lipinski definition) is 0. The SMILES string of the molecule is CCCC1C[C]1C. The third kappa shape index (κ3) is 1.19. The number of rotatable bonds is 2. The lowest BCUT2D eigenvalue weighted by Gasteiger charge is -1.86. The van der Waals surface area contributed by atoms with Gasteiger partial charge in [-0.3, -0.25) is 0 Å². The summed E-state index contributed by atoms with van der Waals surface area (Å²) < 4.78 is 0. The van der Waals surface area contributed by atoms with E-state index in [9.17, 15) is 0 Å². The van der Waals surface area contributed by atoms with Gasteiger partial charge in [0.1, 0.15) is 0 Å². The fourth-order valence-corrected chi connectivity index (χ4v) is 1.03. The summed E-state index contributed by atoms with van der Waals surface area (Å²) in [5.74, 6) is 2.76. The van der Waals surface area contributed by atoms with Gasteiger partial charge in [0.25, 0.3) is 0 Å². The van der Waals surface area contributed by atoms with E-state index in [0.29, 0.717) is 0 Å². The van der Waals surface area contributed by atoms with E-state index in [-0.39, 0.29) is 0 Å². The molecule has 0 spiro atoms. The highest BCUT2D eigenvalue weighted by atomic mass is 14.4. The van der Waals surface area contributed by atoms with Crippen LogP contribution < -0.4 is 0 Å². The summed E-state index contributed by atoms with van der Waals surface area (Å²) in [7, 11) is 0. The Hall–Kier alpha value is 0. The van der Waals surface area contributed by atoms with Gasteiger partial charge < -0.3 is 0 Å². The van der Waals surface area contributed by atoms with Gasteiger partial charge in [-0.15, -0.1) is 0 Å². The summed E-state index contributed by atoms with van der Waals surface area (Å²) >= 11 is 0. The van der Waals surface area contributed by atoms with Crippen LogP contribution in [0.5, 0.6) is 0 Å². The van der Waals surface area contributed by atoms with Crippen LogP contribution in [0.1, 0.15) is 33.1 Å². The smallest absolute Gasteiger partial charge is 0.0238 e. The van der Waals surface area contributed by atoms with Gasteiger partial charge in [-0.1, -0.05) is 26.7 Å². The summed E-state index contributed by atoms with van der Waals surface area (Å²) in [4.78, 5) is 0. The van der Waals surface area contributed by atoms with Crippen LogP contribution in [0.3, 0.4) is 0 Å². The van der Waals surface area contributed by atoms with Gasteiger partial charge in [0.05, 0.1) is 0 Å². The first-order valence-corrected chi connectivity index (χ1v) is 3.17. The zero-order chi connectivity index (χ0) is 5.28. The van der Waals surface area contributed by atoms with Crippen molar-refractivity contribution < 1.29 is 0 Å². The van der Waals surface area contributed by atoms with Crippen molar-refractivity contribution in [2.24, 2.45) is 5.92 Å². The van der Waals surface area contributed by atoms with Gasteiger partial charge >= 0.3 is 0 Å². The molecule has 1 aliphatic rings. The van der Waals surface area contributed by atoms with E-state index >= 15 is 0 Å². The maximum absolute atomic E-state index is 2.26. The van der Waals surface area contributed by atoms with E-state index in [0.717, 1.165) is 5.92 Å². The molecule has 0 aliphatic heterocycles. The molecule has 1 atom stereocenters. The summed E-state index contributed by atoms with van der Waals surface area (Å²) in [5, 5.41) is 0. The molecule has 1 radical (unpaired) electrons. The lowest BCUT2D eigenvalue weighted by molar-refractivity contribution is 0.714. The van der Waals surface area contributed by atoms with Crippen LogP contribution in [0.25, 0.3) is 0 Å². The van der Waals surface area contributed by atoms with Crippen LogP contribution in [0, 0.1) is 11.8 Å². The Kier molecular flexibility index (Phi) is 1.36. The second-order valence-electron chi connectivity index (χ2n) is 2.54. The summed E-state index contributed by atoms with van der Waals surface area (Å²) in [6.07, 6.45) is 4.22. The van der Waals surface area contributed by atoms with Crippen molar-refractivity contribution >= 4 is 0 Å². The molecule has 1 fully saturated rings. The van der Waals surface area contributed by atoms with E-state index < -0.39 is 0 Å². The van der Waals surface area contributed by atoms with Crippen LogP contribution >= 0.6 is 0 Å². The van der Waals surface area contributed by atoms with Crippen LogP contribution in [0.4, 0.5) is 0 Å². The maximum atomic E-state index is 2.26. The average molecular weight is 97.2 g/mol. The van der Waals surface area contributed by atoms with Gasteiger partial charge in [-0.05, 0) is 18.3 Å². The zero-order valence-corrected chi connectivity index (χ0v) is 5.20. The minimum Gasteiger partial charge on any atom is -0.0654 e. The van der Waals surface area contributed by atoms with E-state index in [1.54, 1.807) is 5.92 Å². The van der Waals surface area contributed by atoms with Gasteiger partial charge in [0, 0.05) is 0 Å². The highest BCUT2D eigenvalue weighted by molar-refractivity contribution is 5.09. The zero-order valence-electron chi connectivity index (χ0n) is 5.20. The fourth-order valence-electron chi connectivity index (χ4n) is 1.03. The van der Waals surface area contributed by atoms with Gasteiger partial charge in [-0.2, -0.15) is 0 Å². The Labute approximate surface area is 45.9 Å². The molecule has 0 aromatic heterocycles. The molecule has 0 aromatic carbocycles. The highest BCUT2D eigenvalue weighted by Crippen LogP contribution is 2.43. The monoisotopic (exact) mass is 97.1 g/mol. The van der Waals surface area contributed by atoms with Crippen molar-refractivity contribution in [2.45, 2.75) is 33.1 Å². The van der Waals surface area contributed by atoms with E-state index in [1.165, 1.54) is 19.3 Å². The van der Waals surface area contributed by atoms with Crippen LogP contribution in [0.15, 0.2) is 0 Å². The molecule has 0 bridgehead atoms. The Morgan fingerprint density at radius 3 is 2.43 bits per heavy atom. The Bertz CT molecular complexity index is 57.1. The first-order chi connectivity index (χ1) is 3.34. The molecule has 0 N–H and O–H groups in total. The summed E-state index contributed by atoms with van der Waals surface area (Å²) in [5.41, 5.74) is 0. The maximum Gasteiger partial charge on any atom is -0.0238 e. The fraction of sp³-hybridized carbons (Fsp3) is 0.857. The predicted octanol–water partition coefficient (Wildman–Crippen LogP) is 2.40. The van der Waals surface area contributed by atoms with Crippen molar-refractivity contribution in [3.63, 3.8) is 0 Å². The molecule has 0 nitrogen and oxygen atoms in total. The quantitative estimate of drug-likeness (QED) is 0.496. The lowest BCUT2D eigenvalue weighted by Crippen LogP contribution is -1.72. The predicted molar refractivity (Wildman–Crippen MR) is 31.9 cm³/mol. The molecule has 0 heteroatoms. The third-order valence-corrected chi connectivity index (χ3v) is 1.74. The highest BCUT2D eigenvalue weighted by Gasteiger charge is 2.31. The molecule has 0 aromatic rings. The molecule has 41 valence electrons. The Balaban J connectivity index is 1.98. The molecule has 1 rings (SSSR count). The molecule has 0 amide bonds. The molecule has 0 heterocycles. The van der Waals surface area contributed by atoms with E-state index in [1.807, 2.05) is 0 Å². The molecule has 1 unspecified atom stereocenters. The normalized spacial score (nSPS) is 30.9. The van der Waals surface area contributed by atoms with Crippen molar-refractivity contribution in [2.75, 3.05) is 0 Å². The van der Waals surface area contributed by atoms with Crippen LogP contribution in [-0.4, -0.2) is 0 Å². The van der Waals surface area contributed by atoms with Crippen molar-refractivity contribution in [3.8, 4) is 0 Å². The molecular formula is C7H13. The third-order valence-electron chi connectivity index (χ3n) is 1.74. The average Bonchev–Trinajstić information content (AvgIpc) is 2.22. The minimum absolute atomic E-state index is 1.03. The van der Waals surface area contributed by atoms with Crippen molar-refractivity contribution in [1.82, 2.24) is 0 Å². The molecule has 0 saturated heterocycles. The molecule has 7 heavy (non-hydrogen) atoms. The van der Waals surface area contributed by atoms with E-state index in [4.69, 9.17) is 0 Å². The van der Waals surface area contributed by atoms with Gasteiger partial charge in [-0.25, -0.2) is 0 Å². The van der Waals surface area contributed by atoms with Crippen LogP contribution in [0.2, 0.25) is 0 Å².